The van der Waals surface area contributed by atoms with Gasteiger partial charge in [-0.2, -0.15) is 11.8 Å². The van der Waals surface area contributed by atoms with E-state index in [0.29, 0.717) is 6.42 Å². The van der Waals surface area contributed by atoms with Gasteiger partial charge in [-0.05, 0) is 23.8 Å². The molecule has 3 heteroatoms. The number of hydrogen-bond acceptors (Lipinski definition) is 2. The predicted molar refractivity (Wildman–Crippen MR) is 112 cm³/mol. The van der Waals surface area contributed by atoms with Crippen LogP contribution in [0.1, 0.15) is 116 Å². The summed E-state index contributed by atoms with van der Waals surface area (Å²) in [5.41, 5.74) is 0. The monoisotopic (exact) mass is 376 g/mol. The molecule has 0 aliphatic carbocycles. The second-order valence-electron chi connectivity index (χ2n) is 7.02. The maximum absolute atomic E-state index is 10.6. The van der Waals surface area contributed by atoms with Gasteiger partial charge in [-0.25, -0.2) is 0 Å². The maximum Gasteiger partial charge on any atom is 0.222 e. The van der Waals surface area contributed by atoms with Gasteiger partial charge in [-0.3, -0.25) is 4.79 Å². The fraction of sp³-hybridized carbons (Fsp3) is 0.952. The van der Waals surface area contributed by atoms with Gasteiger partial charge in [0.25, 0.3) is 0 Å². The molecule has 24 heavy (non-hydrogen) atoms. The van der Waals surface area contributed by atoms with Gasteiger partial charge in [0.1, 0.15) is 0 Å². The van der Waals surface area contributed by atoms with E-state index >= 15 is 0 Å². The molecule has 0 amide bonds. The van der Waals surface area contributed by atoms with E-state index in [-0.39, 0.29) is 5.24 Å². The topological polar surface area (TPSA) is 17.1 Å². The Hall–Kier alpha value is 0.310. The lowest BCUT2D eigenvalue weighted by atomic mass is 10.0. The molecule has 0 aliphatic heterocycles. The Morgan fingerprint density at radius 1 is 0.625 bits per heavy atom. The van der Waals surface area contributed by atoms with E-state index in [0.717, 1.165) is 5.75 Å². The van der Waals surface area contributed by atoms with Crippen molar-refractivity contribution in [3.63, 3.8) is 0 Å². The third-order valence-corrected chi connectivity index (χ3v) is 5.84. The van der Waals surface area contributed by atoms with Crippen LogP contribution in [0.2, 0.25) is 0 Å². The lowest BCUT2D eigenvalue weighted by Gasteiger charge is -2.03. The van der Waals surface area contributed by atoms with Crippen LogP contribution < -0.4 is 0 Å². The highest BCUT2D eigenvalue weighted by molar-refractivity contribution is 7.99. The molecule has 0 unspecified atom stereocenters. The first-order valence-electron chi connectivity index (χ1n) is 10.5. The molecule has 0 fully saturated rings. The Kier molecular flexibility index (Phi) is 21.6. The Labute approximate surface area is 161 Å². The summed E-state index contributed by atoms with van der Waals surface area (Å²) in [4.78, 5) is 10.6. The highest BCUT2D eigenvalue weighted by Gasteiger charge is 1.97. The van der Waals surface area contributed by atoms with Crippen molar-refractivity contribution in [2.75, 3.05) is 11.5 Å². The van der Waals surface area contributed by atoms with Crippen LogP contribution in [0.15, 0.2) is 0 Å². The number of carbonyl (C=O) groups excluding carboxylic acids is 1. The maximum atomic E-state index is 10.6. The van der Waals surface area contributed by atoms with Gasteiger partial charge in [0.05, 0.1) is 0 Å². The fourth-order valence-electron chi connectivity index (χ4n) is 3.01. The summed E-state index contributed by atoms with van der Waals surface area (Å²) in [7, 11) is 0. The fourth-order valence-corrected chi connectivity index (χ4v) is 4.16. The summed E-state index contributed by atoms with van der Waals surface area (Å²) < 4.78 is 0. The summed E-state index contributed by atoms with van der Waals surface area (Å²) in [6.45, 7) is 2.29. The molecule has 0 saturated carbocycles. The molecular weight excluding hydrogens is 336 g/mol. The quantitative estimate of drug-likeness (QED) is 0.157. The molecule has 0 bridgehead atoms. The van der Waals surface area contributed by atoms with E-state index in [1.807, 2.05) is 11.8 Å². The average molecular weight is 377 g/mol. The first kappa shape index (κ1) is 24.3. The molecule has 0 rings (SSSR count). The molecule has 1 nitrogen and oxygen atoms in total. The van der Waals surface area contributed by atoms with Crippen LogP contribution in [0, 0.1) is 0 Å². The molecule has 0 radical (unpaired) electrons. The average Bonchev–Trinajstić information content (AvgIpc) is 2.56. The Morgan fingerprint density at radius 2 is 1.00 bits per heavy atom. The molecule has 0 heterocycles. The van der Waals surface area contributed by atoms with E-state index in [1.165, 1.54) is 108 Å². The largest absolute Gasteiger partial charge is 0.281 e. The van der Waals surface area contributed by atoms with Gasteiger partial charge in [-0.15, -0.1) is 0 Å². The zero-order valence-corrected chi connectivity index (χ0v) is 17.7. The van der Waals surface area contributed by atoms with Crippen LogP contribution in [0.4, 0.5) is 0 Å². The van der Waals surface area contributed by atoms with Crippen LogP contribution in [0.3, 0.4) is 0 Å². The van der Waals surface area contributed by atoms with Gasteiger partial charge >= 0.3 is 0 Å². The second kappa shape index (κ2) is 21.4. The normalized spacial score (nSPS) is 11.1. The summed E-state index contributed by atoms with van der Waals surface area (Å²) in [5.74, 6) is 2.07. The predicted octanol–water partition coefficient (Wildman–Crippen LogP) is 8.14. The lowest BCUT2D eigenvalue weighted by molar-refractivity contribution is -0.111. The van der Waals surface area contributed by atoms with Crippen LogP contribution in [0.5, 0.6) is 0 Å². The van der Waals surface area contributed by atoms with Crippen molar-refractivity contribution in [1.29, 1.82) is 0 Å². The highest BCUT2D eigenvalue weighted by atomic mass is 35.5. The Bertz CT molecular complexity index is 258. The number of carbonyl (C=O) groups is 1. The smallest absolute Gasteiger partial charge is 0.222 e. The number of unbranched alkanes of at least 4 members (excludes halogenated alkanes) is 15. The molecule has 0 aromatic heterocycles. The van der Waals surface area contributed by atoms with Crippen molar-refractivity contribution in [2.24, 2.45) is 0 Å². The number of hydrogen-bond donors (Lipinski definition) is 0. The molecule has 0 N–H and O–H groups in total. The SMILES string of the molecule is CCCCCCCCCCCCCCCCCCSCCC(=O)Cl. The van der Waals surface area contributed by atoms with Gasteiger partial charge < -0.3 is 0 Å². The zero-order valence-electron chi connectivity index (χ0n) is 16.1. The van der Waals surface area contributed by atoms with E-state index in [4.69, 9.17) is 11.6 Å². The van der Waals surface area contributed by atoms with Gasteiger partial charge in [0, 0.05) is 12.2 Å². The van der Waals surface area contributed by atoms with Crippen molar-refractivity contribution in [3.8, 4) is 0 Å². The molecule has 0 aliphatic rings. The van der Waals surface area contributed by atoms with Crippen LogP contribution in [-0.4, -0.2) is 16.7 Å². The third kappa shape index (κ3) is 22.3. The first-order chi connectivity index (χ1) is 11.8. The van der Waals surface area contributed by atoms with Crippen LogP contribution >= 0.6 is 23.4 Å². The number of halogens is 1. The Balaban J connectivity index is 2.97. The van der Waals surface area contributed by atoms with Crippen LogP contribution in [-0.2, 0) is 4.79 Å². The molecule has 0 aromatic carbocycles. The van der Waals surface area contributed by atoms with E-state index in [9.17, 15) is 4.79 Å². The van der Waals surface area contributed by atoms with Crippen LogP contribution in [0.25, 0.3) is 0 Å². The second-order valence-corrected chi connectivity index (χ2v) is 8.67. The molecule has 0 saturated heterocycles. The number of thioether (sulfide) groups is 1. The minimum absolute atomic E-state index is 0.200. The molecule has 144 valence electrons. The van der Waals surface area contributed by atoms with Crippen molar-refractivity contribution in [1.82, 2.24) is 0 Å². The minimum Gasteiger partial charge on any atom is -0.281 e. The van der Waals surface area contributed by atoms with Gasteiger partial charge in [-0.1, -0.05) is 103 Å². The van der Waals surface area contributed by atoms with Crippen molar-refractivity contribution in [2.45, 2.75) is 116 Å². The summed E-state index contributed by atoms with van der Waals surface area (Å²) in [6, 6.07) is 0. The van der Waals surface area contributed by atoms with Crippen molar-refractivity contribution < 1.29 is 4.79 Å². The molecule has 0 spiro atoms. The molecule has 0 atom stereocenters. The Morgan fingerprint density at radius 3 is 1.38 bits per heavy atom. The zero-order chi connectivity index (χ0) is 17.7. The summed E-state index contributed by atoms with van der Waals surface area (Å²) in [5, 5.41) is -0.200. The number of rotatable bonds is 20. The first-order valence-corrected chi connectivity index (χ1v) is 12.1. The highest BCUT2D eigenvalue weighted by Crippen LogP contribution is 2.14. The molecule has 0 aromatic rings. The minimum atomic E-state index is -0.200. The van der Waals surface area contributed by atoms with E-state index < -0.39 is 0 Å². The lowest BCUT2D eigenvalue weighted by Crippen LogP contribution is -1.90. The van der Waals surface area contributed by atoms with Crippen molar-refractivity contribution >= 4 is 28.6 Å². The summed E-state index contributed by atoms with van der Waals surface area (Å²) in [6.07, 6.45) is 23.2. The van der Waals surface area contributed by atoms with E-state index in [1.54, 1.807) is 0 Å². The van der Waals surface area contributed by atoms with Gasteiger partial charge in [0.15, 0.2) is 0 Å². The standard InChI is InChI=1S/C21H41ClOS/c1-2-3-4-5-6-7-8-9-10-11-12-13-14-15-16-17-19-24-20-18-21(22)23/h2-20H2,1H3. The van der Waals surface area contributed by atoms with E-state index in [2.05, 4.69) is 6.92 Å². The van der Waals surface area contributed by atoms with Gasteiger partial charge in [0.2, 0.25) is 5.24 Å². The molecular formula is C21H41ClOS. The summed E-state index contributed by atoms with van der Waals surface area (Å²) >= 11 is 7.17. The third-order valence-electron chi connectivity index (χ3n) is 4.59. The van der Waals surface area contributed by atoms with Crippen molar-refractivity contribution in [3.05, 3.63) is 0 Å².